The van der Waals surface area contributed by atoms with Crippen LogP contribution in [0.15, 0.2) is 54.1 Å². The standard InChI is InChI=1S/C27H24N2O6S/c1-4-34-26(33)24-15(3)28-27(36-24)29-21(16-8-6-5-7-9-16)20(23(31)25(29)32)22(30)17-10-11-19-18(13-17)12-14(2)35-19/h5-11,13-14,21,30H,4,12H2,1-3H3/t14-,21-/m1/s1. The fourth-order valence-corrected chi connectivity index (χ4v) is 5.56. The first-order valence-corrected chi connectivity index (χ1v) is 12.4. The number of hydrogen-bond acceptors (Lipinski definition) is 8. The number of thiazole rings is 1. The van der Waals surface area contributed by atoms with Crippen molar-refractivity contribution in [3.63, 3.8) is 0 Å². The van der Waals surface area contributed by atoms with E-state index in [2.05, 4.69) is 4.98 Å². The second-order valence-corrected chi connectivity index (χ2v) is 9.64. The van der Waals surface area contributed by atoms with E-state index in [1.807, 2.05) is 13.0 Å². The van der Waals surface area contributed by atoms with Crippen LogP contribution in [0.25, 0.3) is 5.76 Å². The summed E-state index contributed by atoms with van der Waals surface area (Å²) >= 11 is 0.982. The molecule has 0 aliphatic carbocycles. The smallest absolute Gasteiger partial charge is 0.350 e. The number of carbonyl (C=O) groups is 3. The van der Waals surface area contributed by atoms with Crippen LogP contribution in [-0.4, -0.2) is 40.5 Å². The Morgan fingerprint density at radius 1 is 1.22 bits per heavy atom. The molecule has 1 amide bonds. The summed E-state index contributed by atoms with van der Waals surface area (Å²) in [6.07, 6.45) is 0.705. The molecule has 8 nitrogen and oxygen atoms in total. The monoisotopic (exact) mass is 504 g/mol. The van der Waals surface area contributed by atoms with Gasteiger partial charge in [0.05, 0.1) is 23.9 Å². The maximum atomic E-state index is 13.4. The van der Waals surface area contributed by atoms with Crippen LogP contribution < -0.4 is 9.64 Å². The van der Waals surface area contributed by atoms with Crippen molar-refractivity contribution in [1.29, 1.82) is 0 Å². The summed E-state index contributed by atoms with van der Waals surface area (Å²) in [5.74, 6) is -1.72. The summed E-state index contributed by atoms with van der Waals surface area (Å²) in [6, 6.07) is 13.3. The van der Waals surface area contributed by atoms with Gasteiger partial charge in [0, 0.05) is 12.0 Å². The Balaban J connectivity index is 1.65. The Labute approximate surface area is 211 Å². The Kier molecular flexibility index (Phi) is 6.09. The van der Waals surface area contributed by atoms with Gasteiger partial charge in [-0.3, -0.25) is 14.5 Å². The Morgan fingerprint density at radius 2 is 1.97 bits per heavy atom. The molecule has 2 atom stereocenters. The molecule has 0 saturated carbocycles. The number of aryl methyl sites for hydroxylation is 1. The van der Waals surface area contributed by atoms with E-state index >= 15 is 0 Å². The molecule has 36 heavy (non-hydrogen) atoms. The van der Waals surface area contributed by atoms with E-state index in [0.29, 0.717) is 23.2 Å². The number of Topliss-reactive ketones (excluding diaryl/α,β-unsaturated/α-hetero) is 1. The number of fused-ring (bicyclic) bond motifs is 1. The first-order valence-electron chi connectivity index (χ1n) is 11.6. The quantitative estimate of drug-likeness (QED) is 0.235. The van der Waals surface area contributed by atoms with Crippen molar-refractivity contribution < 1.29 is 29.0 Å². The summed E-state index contributed by atoms with van der Waals surface area (Å²) in [4.78, 5) is 45.0. The molecule has 2 aliphatic rings. The zero-order valence-corrected chi connectivity index (χ0v) is 20.8. The van der Waals surface area contributed by atoms with Crippen LogP contribution in [-0.2, 0) is 20.7 Å². The molecule has 0 bridgehead atoms. The molecule has 2 aromatic carbocycles. The van der Waals surface area contributed by atoms with Gasteiger partial charge >= 0.3 is 11.9 Å². The second kappa shape index (κ2) is 9.23. The van der Waals surface area contributed by atoms with Gasteiger partial charge in [0.25, 0.3) is 5.78 Å². The SMILES string of the molecule is CCOC(=O)c1sc(N2C(=O)C(=O)C(=C(O)c3ccc4c(c3)C[C@@H](C)O4)[C@H]2c2ccccc2)nc1C. The lowest BCUT2D eigenvalue weighted by Crippen LogP contribution is -2.29. The zero-order valence-electron chi connectivity index (χ0n) is 20.0. The molecule has 1 aromatic heterocycles. The lowest BCUT2D eigenvalue weighted by atomic mass is 9.94. The average Bonchev–Trinajstić information content (AvgIpc) is 3.51. The highest BCUT2D eigenvalue weighted by atomic mass is 32.1. The maximum Gasteiger partial charge on any atom is 0.350 e. The largest absolute Gasteiger partial charge is 0.507 e. The summed E-state index contributed by atoms with van der Waals surface area (Å²) in [5, 5.41) is 11.6. The predicted molar refractivity (Wildman–Crippen MR) is 134 cm³/mol. The van der Waals surface area contributed by atoms with Crippen LogP contribution in [0.2, 0.25) is 0 Å². The van der Waals surface area contributed by atoms with Crippen molar-refractivity contribution in [2.45, 2.75) is 39.3 Å². The highest BCUT2D eigenvalue weighted by molar-refractivity contribution is 7.17. The molecule has 5 rings (SSSR count). The normalized spacial score (nSPS) is 20.4. The topological polar surface area (TPSA) is 106 Å². The maximum absolute atomic E-state index is 13.4. The van der Waals surface area contributed by atoms with Crippen molar-refractivity contribution in [1.82, 2.24) is 4.98 Å². The number of nitrogens with zero attached hydrogens (tertiary/aromatic N) is 2. The van der Waals surface area contributed by atoms with Crippen LogP contribution in [0.1, 0.15) is 51.9 Å². The third-order valence-electron chi connectivity index (χ3n) is 6.18. The Morgan fingerprint density at radius 3 is 2.69 bits per heavy atom. The number of carbonyl (C=O) groups excluding carboxylic acids is 3. The number of anilines is 1. The van der Waals surface area contributed by atoms with Gasteiger partial charge in [-0.05, 0) is 50.1 Å². The summed E-state index contributed by atoms with van der Waals surface area (Å²) < 4.78 is 10.9. The second-order valence-electron chi connectivity index (χ2n) is 8.67. The number of amides is 1. The number of esters is 1. The van der Waals surface area contributed by atoms with E-state index in [9.17, 15) is 19.5 Å². The van der Waals surface area contributed by atoms with Gasteiger partial charge in [0.2, 0.25) is 0 Å². The average molecular weight is 505 g/mol. The van der Waals surface area contributed by atoms with Crippen molar-refractivity contribution in [2.24, 2.45) is 0 Å². The van der Waals surface area contributed by atoms with Crippen molar-refractivity contribution in [2.75, 3.05) is 11.5 Å². The van der Waals surface area contributed by atoms with E-state index in [0.717, 1.165) is 22.6 Å². The lowest BCUT2D eigenvalue weighted by molar-refractivity contribution is -0.132. The molecule has 3 aromatic rings. The molecule has 0 radical (unpaired) electrons. The Hall–Kier alpha value is -3.98. The van der Waals surface area contributed by atoms with Gasteiger partial charge in [0.15, 0.2) is 5.13 Å². The summed E-state index contributed by atoms with van der Waals surface area (Å²) in [6.45, 7) is 5.51. The number of aliphatic hydroxyl groups is 1. The number of ketones is 1. The number of hydrogen-bond donors (Lipinski definition) is 1. The fourth-order valence-electron chi connectivity index (χ4n) is 4.58. The highest BCUT2D eigenvalue weighted by Crippen LogP contribution is 2.44. The van der Waals surface area contributed by atoms with E-state index in [1.165, 1.54) is 4.90 Å². The fraction of sp³-hybridized carbons (Fsp3) is 0.259. The van der Waals surface area contributed by atoms with Gasteiger partial charge in [-0.1, -0.05) is 41.7 Å². The molecule has 0 spiro atoms. The molecule has 1 saturated heterocycles. The van der Waals surface area contributed by atoms with E-state index in [1.54, 1.807) is 56.3 Å². The van der Waals surface area contributed by atoms with Crippen LogP contribution in [0.5, 0.6) is 5.75 Å². The molecule has 184 valence electrons. The van der Waals surface area contributed by atoms with Crippen LogP contribution >= 0.6 is 11.3 Å². The van der Waals surface area contributed by atoms with Gasteiger partial charge in [-0.15, -0.1) is 0 Å². The highest BCUT2D eigenvalue weighted by Gasteiger charge is 2.48. The first kappa shape index (κ1) is 23.7. The third kappa shape index (κ3) is 3.95. The number of aromatic nitrogens is 1. The molecule has 2 aliphatic heterocycles. The minimum absolute atomic E-state index is 0.0223. The number of aliphatic hydroxyl groups excluding tert-OH is 1. The zero-order chi connectivity index (χ0) is 25.6. The number of ether oxygens (including phenoxy) is 2. The molecule has 9 heteroatoms. The van der Waals surface area contributed by atoms with Gasteiger partial charge < -0.3 is 14.6 Å². The molecule has 1 N–H and O–H groups in total. The molecule has 3 heterocycles. The number of benzene rings is 2. The molecule has 1 fully saturated rings. The molecular formula is C27H24N2O6S. The summed E-state index contributed by atoms with van der Waals surface area (Å²) in [7, 11) is 0. The molecule has 0 unspecified atom stereocenters. The Bertz CT molecular complexity index is 1410. The van der Waals surface area contributed by atoms with Crippen molar-refractivity contribution in [3.05, 3.63) is 81.4 Å². The van der Waals surface area contributed by atoms with Crippen molar-refractivity contribution >= 4 is 39.9 Å². The van der Waals surface area contributed by atoms with Gasteiger partial charge in [-0.25, -0.2) is 9.78 Å². The lowest BCUT2D eigenvalue weighted by Gasteiger charge is -2.23. The van der Waals surface area contributed by atoms with Crippen LogP contribution in [0, 0.1) is 6.92 Å². The molecular weight excluding hydrogens is 480 g/mol. The van der Waals surface area contributed by atoms with Crippen LogP contribution in [0.3, 0.4) is 0 Å². The first-order chi connectivity index (χ1) is 17.3. The van der Waals surface area contributed by atoms with E-state index in [-0.39, 0.29) is 34.1 Å². The van der Waals surface area contributed by atoms with Crippen LogP contribution in [0.4, 0.5) is 5.13 Å². The van der Waals surface area contributed by atoms with E-state index < -0.39 is 23.7 Å². The summed E-state index contributed by atoms with van der Waals surface area (Å²) in [5.41, 5.74) is 2.33. The van der Waals surface area contributed by atoms with Gasteiger partial charge in [-0.2, -0.15) is 0 Å². The van der Waals surface area contributed by atoms with Gasteiger partial charge in [0.1, 0.15) is 22.5 Å². The van der Waals surface area contributed by atoms with Crippen molar-refractivity contribution in [3.8, 4) is 5.75 Å². The number of rotatable bonds is 5. The third-order valence-corrected chi connectivity index (χ3v) is 7.32. The van der Waals surface area contributed by atoms with E-state index in [4.69, 9.17) is 9.47 Å². The minimum Gasteiger partial charge on any atom is -0.507 e. The predicted octanol–water partition coefficient (Wildman–Crippen LogP) is 4.58. The minimum atomic E-state index is -0.921.